The number of nitrogens with zero attached hydrogens (tertiary/aromatic N) is 4. The van der Waals surface area contributed by atoms with Crippen molar-refractivity contribution in [2.24, 2.45) is 0 Å². The number of halogens is 1. The Kier molecular flexibility index (Phi) is 3.86. The van der Waals surface area contributed by atoms with E-state index < -0.39 is 5.82 Å². The molecule has 2 aromatic heterocycles. The Labute approximate surface area is 125 Å². The molecule has 0 saturated carbocycles. The first kappa shape index (κ1) is 13.9. The van der Waals surface area contributed by atoms with Crippen molar-refractivity contribution in [1.82, 2.24) is 25.3 Å². The van der Waals surface area contributed by atoms with Gasteiger partial charge in [-0.05, 0) is 30.3 Å². The molecule has 3 aromatic rings. The predicted molar refractivity (Wildman–Crippen MR) is 76.7 cm³/mol. The summed E-state index contributed by atoms with van der Waals surface area (Å²) in [6, 6.07) is 9.14. The maximum Gasteiger partial charge on any atom is 0.251 e. The third-order valence-corrected chi connectivity index (χ3v) is 2.97. The lowest BCUT2D eigenvalue weighted by molar-refractivity contribution is 0.0950. The van der Waals surface area contributed by atoms with Crippen LogP contribution in [0, 0.1) is 5.82 Å². The molecule has 22 heavy (non-hydrogen) atoms. The molecule has 2 heterocycles. The largest absolute Gasteiger partial charge is 0.346 e. The van der Waals surface area contributed by atoms with Gasteiger partial charge in [-0.25, -0.2) is 9.07 Å². The first-order valence-corrected chi connectivity index (χ1v) is 6.58. The van der Waals surface area contributed by atoms with Gasteiger partial charge in [-0.2, -0.15) is 0 Å². The third-order valence-electron chi connectivity index (χ3n) is 2.97. The first-order valence-electron chi connectivity index (χ1n) is 6.58. The van der Waals surface area contributed by atoms with Gasteiger partial charge in [-0.15, -0.1) is 5.10 Å². The van der Waals surface area contributed by atoms with Gasteiger partial charge in [0.1, 0.15) is 11.5 Å². The molecule has 0 radical (unpaired) electrons. The van der Waals surface area contributed by atoms with Crippen LogP contribution < -0.4 is 5.32 Å². The maximum atomic E-state index is 13.1. The summed E-state index contributed by atoms with van der Waals surface area (Å²) >= 11 is 0. The highest BCUT2D eigenvalue weighted by atomic mass is 19.1. The Balaban J connectivity index is 1.65. The molecule has 0 aliphatic rings. The van der Waals surface area contributed by atoms with Crippen molar-refractivity contribution >= 4 is 5.91 Å². The van der Waals surface area contributed by atoms with Crippen LogP contribution in [0.2, 0.25) is 0 Å². The van der Waals surface area contributed by atoms with E-state index in [0.29, 0.717) is 5.69 Å². The van der Waals surface area contributed by atoms with Gasteiger partial charge in [-0.3, -0.25) is 9.78 Å². The number of pyridine rings is 1. The van der Waals surface area contributed by atoms with Crippen LogP contribution in [0.15, 0.2) is 55.0 Å². The van der Waals surface area contributed by atoms with E-state index in [1.165, 1.54) is 18.2 Å². The van der Waals surface area contributed by atoms with Gasteiger partial charge >= 0.3 is 0 Å². The summed E-state index contributed by atoms with van der Waals surface area (Å²) in [6.45, 7) is 0.204. The molecule has 0 saturated heterocycles. The summed E-state index contributed by atoms with van der Waals surface area (Å²) in [5.74, 6) is -0.814. The Morgan fingerprint density at radius 3 is 2.95 bits per heavy atom. The fourth-order valence-corrected chi connectivity index (χ4v) is 1.90. The molecule has 0 spiro atoms. The quantitative estimate of drug-likeness (QED) is 0.796. The maximum absolute atomic E-state index is 13.1. The van der Waals surface area contributed by atoms with Gasteiger partial charge in [0, 0.05) is 11.8 Å². The van der Waals surface area contributed by atoms with E-state index in [2.05, 4.69) is 20.6 Å². The molecule has 0 fully saturated rings. The van der Waals surface area contributed by atoms with Crippen LogP contribution in [0.4, 0.5) is 4.39 Å². The average Bonchev–Trinajstić information content (AvgIpc) is 3.02. The Morgan fingerprint density at radius 2 is 2.18 bits per heavy atom. The molecular weight excluding hydrogens is 285 g/mol. The van der Waals surface area contributed by atoms with E-state index >= 15 is 0 Å². The fraction of sp³-hybridized carbons (Fsp3) is 0.0667. The van der Waals surface area contributed by atoms with Crippen LogP contribution in [-0.4, -0.2) is 25.9 Å². The van der Waals surface area contributed by atoms with Crippen molar-refractivity contribution in [2.75, 3.05) is 0 Å². The van der Waals surface area contributed by atoms with Crippen molar-refractivity contribution in [3.05, 3.63) is 72.1 Å². The number of benzene rings is 1. The van der Waals surface area contributed by atoms with E-state index in [0.717, 1.165) is 5.69 Å². The summed E-state index contributed by atoms with van der Waals surface area (Å²) in [5, 5.41) is 10.6. The van der Waals surface area contributed by atoms with E-state index in [1.54, 1.807) is 35.4 Å². The lowest BCUT2D eigenvalue weighted by Crippen LogP contribution is -2.23. The number of aromatic nitrogens is 4. The van der Waals surface area contributed by atoms with Crippen molar-refractivity contribution < 1.29 is 9.18 Å². The Bertz CT molecular complexity index is 787. The van der Waals surface area contributed by atoms with E-state index in [4.69, 9.17) is 0 Å². The van der Waals surface area contributed by atoms with Crippen molar-refractivity contribution in [1.29, 1.82) is 0 Å². The lowest BCUT2D eigenvalue weighted by atomic mass is 10.2. The SMILES string of the molecule is O=C(NCc1cn(-c2cccnc2)nn1)c1cccc(F)c1. The number of hydrogen-bond donors (Lipinski definition) is 1. The Hall–Kier alpha value is -3.09. The molecule has 1 amide bonds. The number of nitrogens with one attached hydrogen (secondary N) is 1. The lowest BCUT2D eigenvalue weighted by Gasteiger charge is -2.02. The molecule has 0 aliphatic heterocycles. The Morgan fingerprint density at radius 1 is 1.27 bits per heavy atom. The van der Waals surface area contributed by atoms with Crippen molar-refractivity contribution in [3.8, 4) is 5.69 Å². The van der Waals surface area contributed by atoms with Gasteiger partial charge in [0.2, 0.25) is 0 Å². The summed E-state index contributed by atoms with van der Waals surface area (Å²) in [7, 11) is 0. The molecular formula is C15H12FN5O. The number of hydrogen-bond acceptors (Lipinski definition) is 4. The summed E-state index contributed by atoms with van der Waals surface area (Å²) < 4.78 is 14.6. The highest BCUT2D eigenvalue weighted by Gasteiger charge is 2.08. The fourth-order valence-electron chi connectivity index (χ4n) is 1.90. The molecule has 0 atom stereocenters. The van der Waals surface area contributed by atoms with E-state index in [-0.39, 0.29) is 18.0 Å². The topological polar surface area (TPSA) is 72.7 Å². The monoisotopic (exact) mass is 297 g/mol. The zero-order valence-corrected chi connectivity index (χ0v) is 11.5. The second-order valence-electron chi connectivity index (χ2n) is 4.56. The zero-order valence-electron chi connectivity index (χ0n) is 11.5. The van der Waals surface area contributed by atoms with Crippen LogP contribution in [0.3, 0.4) is 0 Å². The van der Waals surface area contributed by atoms with Crippen LogP contribution >= 0.6 is 0 Å². The minimum absolute atomic E-state index is 0.204. The second kappa shape index (κ2) is 6.13. The summed E-state index contributed by atoms with van der Waals surface area (Å²) in [5.41, 5.74) is 1.63. The summed E-state index contributed by atoms with van der Waals surface area (Å²) in [6.07, 6.45) is 5.02. The highest BCUT2D eigenvalue weighted by molar-refractivity contribution is 5.94. The predicted octanol–water partition coefficient (Wildman–Crippen LogP) is 1.73. The molecule has 1 aromatic carbocycles. The van der Waals surface area contributed by atoms with Gasteiger partial charge in [-0.1, -0.05) is 11.3 Å². The molecule has 110 valence electrons. The molecule has 0 bridgehead atoms. The first-order chi connectivity index (χ1) is 10.7. The molecule has 6 nitrogen and oxygen atoms in total. The molecule has 0 aliphatic carbocycles. The minimum Gasteiger partial charge on any atom is -0.346 e. The molecule has 3 rings (SSSR count). The standard InChI is InChI=1S/C15H12FN5O/c16-12-4-1-3-11(7-12)15(22)18-8-13-10-21(20-19-13)14-5-2-6-17-9-14/h1-7,9-10H,8H2,(H,18,22). The van der Waals surface area contributed by atoms with Gasteiger partial charge in [0.05, 0.1) is 24.6 Å². The molecule has 0 unspecified atom stereocenters. The molecule has 1 N–H and O–H groups in total. The van der Waals surface area contributed by atoms with Crippen LogP contribution in [0.1, 0.15) is 16.1 Å². The number of rotatable bonds is 4. The van der Waals surface area contributed by atoms with Gasteiger partial charge in [0.25, 0.3) is 5.91 Å². The number of carbonyl (C=O) groups is 1. The zero-order chi connectivity index (χ0) is 15.4. The summed E-state index contributed by atoms with van der Waals surface area (Å²) in [4.78, 5) is 15.9. The third kappa shape index (κ3) is 3.14. The smallest absolute Gasteiger partial charge is 0.251 e. The van der Waals surface area contributed by atoms with Gasteiger partial charge < -0.3 is 5.32 Å². The van der Waals surface area contributed by atoms with E-state index in [9.17, 15) is 9.18 Å². The average molecular weight is 297 g/mol. The second-order valence-corrected chi connectivity index (χ2v) is 4.56. The highest BCUT2D eigenvalue weighted by Crippen LogP contribution is 2.06. The van der Waals surface area contributed by atoms with E-state index in [1.807, 2.05) is 6.07 Å². The van der Waals surface area contributed by atoms with Crippen LogP contribution in [0.25, 0.3) is 5.69 Å². The van der Waals surface area contributed by atoms with Gasteiger partial charge in [0.15, 0.2) is 0 Å². The van der Waals surface area contributed by atoms with Crippen molar-refractivity contribution in [2.45, 2.75) is 6.54 Å². The molecule has 7 heteroatoms. The van der Waals surface area contributed by atoms with Crippen LogP contribution in [0.5, 0.6) is 0 Å². The number of carbonyl (C=O) groups excluding carboxylic acids is 1. The van der Waals surface area contributed by atoms with Crippen molar-refractivity contribution in [3.63, 3.8) is 0 Å². The minimum atomic E-state index is -0.449. The number of amides is 1. The normalized spacial score (nSPS) is 10.4. The van der Waals surface area contributed by atoms with Crippen LogP contribution in [-0.2, 0) is 6.54 Å².